The molecule has 192 valence electrons. The molecule has 10 heteroatoms. The van der Waals surface area contributed by atoms with Gasteiger partial charge in [-0.2, -0.15) is 0 Å². The molecule has 1 unspecified atom stereocenters. The summed E-state index contributed by atoms with van der Waals surface area (Å²) in [5.74, 6) is -1.98. The van der Waals surface area contributed by atoms with Crippen molar-refractivity contribution >= 4 is 45.2 Å². The maximum absolute atomic E-state index is 13.1. The molecule has 5 aromatic rings. The van der Waals surface area contributed by atoms with E-state index in [0.29, 0.717) is 39.3 Å². The number of fused-ring (bicyclic) bond motifs is 2. The number of hydrogen-bond donors (Lipinski definition) is 1. The number of carboxylic acid groups (broad SMARTS) is 1. The molecule has 0 bridgehead atoms. The zero-order valence-corrected chi connectivity index (χ0v) is 20.8. The Bertz CT molecular complexity index is 1710. The van der Waals surface area contributed by atoms with Gasteiger partial charge < -0.3 is 14.3 Å². The normalized spacial score (nSPS) is 12.0. The number of ketones is 1. The van der Waals surface area contributed by atoms with Crippen molar-refractivity contribution in [1.29, 1.82) is 0 Å². The third-order valence-electron chi connectivity index (χ3n) is 6.24. The van der Waals surface area contributed by atoms with Crippen molar-refractivity contribution in [3.63, 3.8) is 0 Å². The monoisotopic (exact) mass is 531 g/mol. The quantitative estimate of drug-likeness (QED) is 0.246. The first-order valence-corrected chi connectivity index (χ1v) is 12.2. The van der Waals surface area contributed by atoms with Crippen LogP contribution >= 0.6 is 11.6 Å². The molecule has 0 aliphatic rings. The van der Waals surface area contributed by atoms with E-state index in [1.165, 1.54) is 6.26 Å². The fraction of sp³-hybridized carbons (Fsp3) is 0.179. The highest BCUT2D eigenvalue weighted by molar-refractivity contribution is 6.30. The number of nitrogens with zero attached hydrogens (tertiary/aromatic N) is 3. The number of aromatic nitrogens is 3. The number of benzene rings is 3. The SMILES string of the molecule is O=C(CC(CCn1nnc2ccccc2c1=O)C(=O)O)c1coc2cc(OCc3cccc(Cl)c3)ccc12. The van der Waals surface area contributed by atoms with Crippen molar-refractivity contribution in [2.45, 2.75) is 26.0 Å². The summed E-state index contributed by atoms with van der Waals surface area (Å²) >= 11 is 6.01. The van der Waals surface area contributed by atoms with Crippen molar-refractivity contribution < 1.29 is 23.8 Å². The molecule has 1 atom stereocenters. The maximum atomic E-state index is 13.1. The Labute approximate surface area is 221 Å². The summed E-state index contributed by atoms with van der Waals surface area (Å²) < 4.78 is 12.5. The molecule has 0 amide bonds. The van der Waals surface area contributed by atoms with E-state index < -0.39 is 11.9 Å². The average Bonchev–Trinajstić information content (AvgIpc) is 3.34. The minimum absolute atomic E-state index is 0.0143. The lowest BCUT2D eigenvalue weighted by atomic mass is 9.95. The van der Waals surface area contributed by atoms with Gasteiger partial charge in [-0.05, 0) is 48.4 Å². The number of halogens is 1. The first kappa shape index (κ1) is 25.2. The molecule has 1 N–H and O–H groups in total. The number of Topliss-reactive ketones (excluding diaryl/α,β-unsaturated/α-hetero) is 1. The van der Waals surface area contributed by atoms with Gasteiger partial charge in [0.25, 0.3) is 5.56 Å². The van der Waals surface area contributed by atoms with Crippen molar-refractivity contribution in [3.05, 3.63) is 99.5 Å². The Morgan fingerprint density at radius 3 is 2.71 bits per heavy atom. The van der Waals surface area contributed by atoms with E-state index in [-0.39, 0.29) is 36.3 Å². The Morgan fingerprint density at radius 1 is 1.05 bits per heavy atom. The highest BCUT2D eigenvalue weighted by atomic mass is 35.5. The summed E-state index contributed by atoms with van der Waals surface area (Å²) in [6.45, 7) is 0.323. The summed E-state index contributed by atoms with van der Waals surface area (Å²) in [6.07, 6.45) is 1.10. The minimum atomic E-state index is -1.13. The van der Waals surface area contributed by atoms with Crippen molar-refractivity contribution in [2.24, 2.45) is 5.92 Å². The predicted octanol–water partition coefficient (Wildman–Crippen LogP) is 5.13. The first-order chi connectivity index (χ1) is 18.4. The van der Waals surface area contributed by atoms with Crippen LogP contribution < -0.4 is 10.3 Å². The van der Waals surface area contributed by atoms with Crippen LogP contribution in [0.1, 0.15) is 28.8 Å². The molecular weight excluding hydrogens is 510 g/mol. The number of hydrogen-bond acceptors (Lipinski definition) is 7. The van der Waals surface area contributed by atoms with Crippen LogP contribution in [0.5, 0.6) is 5.75 Å². The fourth-order valence-electron chi connectivity index (χ4n) is 4.20. The smallest absolute Gasteiger partial charge is 0.307 e. The molecule has 2 aromatic heterocycles. The number of ether oxygens (including phenoxy) is 1. The van der Waals surface area contributed by atoms with E-state index in [0.717, 1.165) is 10.2 Å². The number of carbonyl (C=O) groups excluding carboxylic acids is 1. The van der Waals surface area contributed by atoms with E-state index in [4.69, 9.17) is 20.8 Å². The average molecular weight is 532 g/mol. The topological polar surface area (TPSA) is 125 Å². The van der Waals surface area contributed by atoms with Crippen LogP contribution in [-0.4, -0.2) is 31.9 Å². The second-order valence-corrected chi connectivity index (χ2v) is 9.25. The maximum Gasteiger partial charge on any atom is 0.307 e. The highest BCUT2D eigenvalue weighted by Gasteiger charge is 2.25. The molecule has 5 rings (SSSR count). The van der Waals surface area contributed by atoms with E-state index in [9.17, 15) is 19.5 Å². The Hall–Kier alpha value is -4.50. The van der Waals surface area contributed by atoms with Gasteiger partial charge in [-0.15, -0.1) is 5.10 Å². The van der Waals surface area contributed by atoms with Gasteiger partial charge in [-0.3, -0.25) is 14.4 Å². The summed E-state index contributed by atoms with van der Waals surface area (Å²) in [6, 6.07) is 19.2. The highest BCUT2D eigenvalue weighted by Crippen LogP contribution is 2.28. The number of aryl methyl sites for hydroxylation is 1. The number of carbonyl (C=O) groups is 2. The van der Waals surface area contributed by atoms with Crippen molar-refractivity contribution in [3.8, 4) is 5.75 Å². The molecule has 2 heterocycles. The van der Waals surface area contributed by atoms with Gasteiger partial charge in [0.05, 0.1) is 16.9 Å². The predicted molar refractivity (Wildman–Crippen MR) is 140 cm³/mol. The van der Waals surface area contributed by atoms with Crippen LogP contribution in [0.15, 0.2) is 82.2 Å². The van der Waals surface area contributed by atoms with Gasteiger partial charge >= 0.3 is 5.97 Å². The van der Waals surface area contributed by atoms with Gasteiger partial charge in [0.1, 0.15) is 29.7 Å². The van der Waals surface area contributed by atoms with Crippen molar-refractivity contribution in [2.75, 3.05) is 0 Å². The minimum Gasteiger partial charge on any atom is -0.489 e. The van der Waals surface area contributed by atoms with Gasteiger partial charge in [0.15, 0.2) is 5.78 Å². The molecule has 0 fully saturated rings. The van der Waals surface area contributed by atoms with Crippen LogP contribution in [0.4, 0.5) is 0 Å². The van der Waals surface area contributed by atoms with E-state index in [2.05, 4.69) is 10.3 Å². The van der Waals surface area contributed by atoms with Crippen LogP contribution in [0.25, 0.3) is 21.9 Å². The lowest BCUT2D eigenvalue weighted by molar-refractivity contribution is -0.142. The molecule has 0 spiro atoms. The first-order valence-electron chi connectivity index (χ1n) is 11.9. The van der Waals surface area contributed by atoms with Gasteiger partial charge in [0, 0.05) is 29.4 Å². The lowest BCUT2D eigenvalue weighted by Crippen LogP contribution is -2.27. The van der Waals surface area contributed by atoms with E-state index in [1.807, 2.05) is 18.2 Å². The second kappa shape index (κ2) is 10.9. The molecule has 0 aliphatic heterocycles. The van der Waals surface area contributed by atoms with Gasteiger partial charge in [0.2, 0.25) is 0 Å². The van der Waals surface area contributed by atoms with Crippen molar-refractivity contribution in [1.82, 2.24) is 15.0 Å². The lowest BCUT2D eigenvalue weighted by Gasteiger charge is -2.12. The molecule has 9 nitrogen and oxygen atoms in total. The standard InChI is InChI=1S/C28H22ClN3O6/c29-19-5-3-4-17(12-19)15-37-20-8-9-21-23(16-38-26(21)14-20)25(33)13-18(28(35)36)10-11-32-27(34)22-6-1-2-7-24(22)30-31-32/h1-9,12,14,16,18H,10-11,13,15H2,(H,35,36). The molecule has 0 aliphatic carbocycles. The molecule has 3 aromatic carbocycles. The summed E-state index contributed by atoms with van der Waals surface area (Å²) in [5, 5.41) is 19.2. The molecule has 0 saturated carbocycles. The molecule has 0 radical (unpaired) electrons. The number of furan rings is 1. The van der Waals surface area contributed by atoms with E-state index >= 15 is 0 Å². The van der Waals surface area contributed by atoms with Gasteiger partial charge in [-0.1, -0.05) is 41.1 Å². The van der Waals surface area contributed by atoms with Crippen LogP contribution in [0.3, 0.4) is 0 Å². The summed E-state index contributed by atoms with van der Waals surface area (Å²) in [5.41, 5.74) is 1.74. The van der Waals surface area contributed by atoms with E-state index in [1.54, 1.807) is 48.5 Å². The second-order valence-electron chi connectivity index (χ2n) is 8.81. The molecule has 0 saturated heterocycles. The van der Waals surface area contributed by atoms with Crippen LogP contribution in [0.2, 0.25) is 5.02 Å². The summed E-state index contributed by atoms with van der Waals surface area (Å²) in [7, 11) is 0. The largest absolute Gasteiger partial charge is 0.489 e. The number of carboxylic acids is 1. The third kappa shape index (κ3) is 5.42. The molecular formula is C28H22ClN3O6. The van der Waals surface area contributed by atoms with Crippen LogP contribution in [-0.2, 0) is 17.9 Å². The Kier molecular flexibility index (Phi) is 7.19. The number of rotatable bonds is 10. The third-order valence-corrected chi connectivity index (χ3v) is 6.48. The zero-order valence-electron chi connectivity index (χ0n) is 20.0. The Morgan fingerprint density at radius 2 is 1.89 bits per heavy atom. The summed E-state index contributed by atoms with van der Waals surface area (Å²) in [4.78, 5) is 37.6. The van der Waals surface area contributed by atoms with Crippen LogP contribution in [0, 0.1) is 5.92 Å². The number of aliphatic carboxylic acids is 1. The zero-order chi connectivity index (χ0) is 26.6. The fourth-order valence-corrected chi connectivity index (χ4v) is 4.42. The molecule has 38 heavy (non-hydrogen) atoms. The van der Waals surface area contributed by atoms with Gasteiger partial charge in [-0.25, -0.2) is 4.68 Å². The Balaban J connectivity index is 1.26.